The molecule has 35 heavy (non-hydrogen) atoms. The van der Waals surface area contributed by atoms with Gasteiger partial charge >= 0.3 is 0 Å². The lowest BCUT2D eigenvalue weighted by atomic mass is 9.84. The van der Waals surface area contributed by atoms with Crippen molar-refractivity contribution in [3.63, 3.8) is 0 Å². The highest BCUT2D eigenvalue weighted by Crippen LogP contribution is 2.34. The molecule has 0 amide bonds. The zero-order valence-corrected chi connectivity index (χ0v) is 18.3. The van der Waals surface area contributed by atoms with Crippen molar-refractivity contribution < 1.29 is 70.0 Å². The summed E-state index contributed by atoms with van der Waals surface area (Å²) in [6.07, 6.45) is -21.7. The van der Waals surface area contributed by atoms with Crippen LogP contribution < -0.4 is 0 Å². The summed E-state index contributed by atoms with van der Waals surface area (Å²) in [5.41, 5.74) is -0.134. The molecule has 200 valence electrons. The SMILES string of the molecule is N#CC=C1C(OC2OC(CO)C(O)C(O)C2O)CC(OC2OC(CO)C(O)C(O)C2O)C(O)C1O. The maximum Gasteiger partial charge on any atom is 0.187 e. The van der Waals surface area contributed by atoms with E-state index in [1.165, 1.54) is 0 Å². The van der Waals surface area contributed by atoms with E-state index in [0.29, 0.717) is 0 Å². The fraction of sp³-hybridized carbons (Fsp3) is 0.850. The van der Waals surface area contributed by atoms with E-state index in [0.717, 1.165) is 6.08 Å². The van der Waals surface area contributed by atoms with Gasteiger partial charge < -0.3 is 70.0 Å². The van der Waals surface area contributed by atoms with E-state index in [4.69, 9.17) is 24.2 Å². The fourth-order valence-corrected chi connectivity index (χ4v) is 4.29. The van der Waals surface area contributed by atoms with E-state index in [1.807, 2.05) is 0 Å². The Hall–Kier alpha value is -1.33. The Balaban J connectivity index is 1.80. The summed E-state index contributed by atoms with van der Waals surface area (Å²) in [6, 6.07) is 1.69. The molecule has 2 aliphatic heterocycles. The Morgan fingerprint density at radius 2 is 1.23 bits per heavy atom. The first-order chi connectivity index (χ1) is 16.5. The molecule has 0 aromatic rings. The molecule has 14 unspecified atom stereocenters. The highest BCUT2D eigenvalue weighted by Gasteiger charge is 2.50. The predicted octanol–water partition coefficient (Wildman–Crippen LogP) is -6.07. The number of hydrogen-bond donors (Lipinski definition) is 10. The Kier molecular flexibility index (Phi) is 9.53. The highest BCUT2D eigenvalue weighted by atomic mass is 16.7. The van der Waals surface area contributed by atoms with Gasteiger partial charge in [-0.25, -0.2) is 0 Å². The Labute approximate surface area is 199 Å². The molecule has 0 bridgehead atoms. The summed E-state index contributed by atoms with van der Waals surface area (Å²) in [6.45, 7) is -1.45. The van der Waals surface area contributed by atoms with Gasteiger partial charge in [-0.1, -0.05) is 0 Å². The summed E-state index contributed by atoms with van der Waals surface area (Å²) >= 11 is 0. The smallest absolute Gasteiger partial charge is 0.187 e. The molecule has 1 saturated carbocycles. The topological polar surface area (TPSA) is 263 Å². The number of nitriles is 1. The monoisotopic (exact) mass is 509 g/mol. The van der Waals surface area contributed by atoms with E-state index in [9.17, 15) is 51.1 Å². The quantitative estimate of drug-likeness (QED) is 0.149. The first-order valence-corrected chi connectivity index (χ1v) is 10.9. The Morgan fingerprint density at radius 1 is 0.743 bits per heavy atom. The minimum absolute atomic E-state index is 0.134. The molecule has 3 aliphatic rings. The predicted molar refractivity (Wildman–Crippen MR) is 108 cm³/mol. The van der Waals surface area contributed by atoms with Crippen molar-refractivity contribution in [2.45, 2.75) is 92.2 Å². The molecule has 14 atom stereocenters. The van der Waals surface area contributed by atoms with E-state index < -0.39 is 99.0 Å². The summed E-state index contributed by atoms with van der Waals surface area (Å²) < 4.78 is 21.8. The second kappa shape index (κ2) is 11.8. The number of hydrogen-bond acceptors (Lipinski definition) is 15. The largest absolute Gasteiger partial charge is 0.394 e. The lowest BCUT2D eigenvalue weighted by molar-refractivity contribution is -0.331. The number of aliphatic hydroxyl groups excluding tert-OH is 10. The highest BCUT2D eigenvalue weighted by molar-refractivity contribution is 5.26. The second-order valence-corrected chi connectivity index (χ2v) is 8.64. The number of ether oxygens (including phenoxy) is 4. The van der Waals surface area contributed by atoms with E-state index in [-0.39, 0.29) is 12.0 Å². The minimum atomic E-state index is -1.79. The van der Waals surface area contributed by atoms with Crippen LogP contribution in [-0.2, 0) is 18.9 Å². The summed E-state index contributed by atoms with van der Waals surface area (Å²) in [7, 11) is 0. The van der Waals surface area contributed by atoms with Gasteiger partial charge in [0.25, 0.3) is 0 Å². The van der Waals surface area contributed by atoms with Crippen LogP contribution in [0.3, 0.4) is 0 Å². The normalized spacial score (nSPS) is 50.1. The molecular weight excluding hydrogens is 478 g/mol. The average Bonchev–Trinajstić information content (AvgIpc) is 2.84. The molecule has 15 nitrogen and oxygen atoms in total. The minimum Gasteiger partial charge on any atom is -0.394 e. The van der Waals surface area contributed by atoms with Crippen LogP contribution >= 0.6 is 0 Å². The van der Waals surface area contributed by atoms with E-state index >= 15 is 0 Å². The first-order valence-electron chi connectivity index (χ1n) is 10.9. The molecule has 2 saturated heterocycles. The van der Waals surface area contributed by atoms with Gasteiger partial charge in [-0.05, 0) is 0 Å². The van der Waals surface area contributed by atoms with Gasteiger partial charge in [-0.15, -0.1) is 0 Å². The molecule has 0 radical (unpaired) electrons. The molecule has 10 N–H and O–H groups in total. The van der Waals surface area contributed by atoms with Gasteiger partial charge in [0.15, 0.2) is 12.6 Å². The van der Waals surface area contributed by atoms with Gasteiger partial charge in [-0.2, -0.15) is 5.26 Å². The average molecular weight is 509 g/mol. The molecule has 3 fully saturated rings. The summed E-state index contributed by atoms with van der Waals surface area (Å²) in [5, 5.41) is 109. The van der Waals surface area contributed by atoms with Crippen LogP contribution in [0.25, 0.3) is 0 Å². The third-order valence-electron chi connectivity index (χ3n) is 6.40. The molecule has 0 spiro atoms. The molecular formula is C20H31NO14. The number of aliphatic hydroxyl groups is 10. The molecule has 2 heterocycles. The Bertz CT molecular complexity index is 773. The Morgan fingerprint density at radius 3 is 1.69 bits per heavy atom. The van der Waals surface area contributed by atoms with Crippen LogP contribution in [-0.4, -0.2) is 150 Å². The van der Waals surface area contributed by atoms with Crippen LogP contribution in [0.2, 0.25) is 0 Å². The van der Waals surface area contributed by atoms with Gasteiger partial charge in [0.05, 0.1) is 31.5 Å². The summed E-state index contributed by atoms with van der Waals surface area (Å²) in [4.78, 5) is 0. The van der Waals surface area contributed by atoms with Crippen molar-refractivity contribution >= 4 is 0 Å². The maximum atomic E-state index is 10.6. The van der Waals surface area contributed by atoms with Crippen molar-refractivity contribution in [1.82, 2.24) is 0 Å². The van der Waals surface area contributed by atoms with Crippen molar-refractivity contribution in [2.24, 2.45) is 0 Å². The van der Waals surface area contributed by atoms with Crippen molar-refractivity contribution in [3.8, 4) is 6.07 Å². The van der Waals surface area contributed by atoms with Gasteiger partial charge in [-0.3, -0.25) is 0 Å². The van der Waals surface area contributed by atoms with Gasteiger partial charge in [0.1, 0.15) is 61.0 Å². The van der Waals surface area contributed by atoms with Crippen molar-refractivity contribution in [1.29, 1.82) is 5.26 Å². The maximum absolute atomic E-state index is 10.6. The molecule has 0 aromatic heterocycles. The molecule has 0 aromatic carbocycles. The number of allylic oxidation sites excluding steroid dienone is 1. The molecule has 1 aliphatic carbocycles. The van der Waals surface area contributed by atoms with Gasteiger partial charge in [0.2, 0.25) is 0 Å². The molecule has 3 rings (SSSR count). The van der Waals surface area contributed by atoms with E-state index in [2.05, 4.69) is 0 Å². The molecule has 15 heteroatoms. The van der Waals surface area contributed by atoms with Crippen LogP contribution in [0.4, 0.5) is 0 Å². The number of nitrogens with zero attached hydrogens (tertiary/aromatic N) is 1. The van der Waals surface area contributed by atoms with Crippen molar-refractivity contribution in [2.75, 3.05) is 13.2 Å². The number of rotatable bonds is 6. The van der Waals surface area contributed by atoms with Crippen molar-refractivity contribution in [3.05, 3.63) is 11.6 Å². The zero-order valence-electron chi connectivity index (χ0n) is 18.3. The van der Waals surface area contributed by atoms with Crippen LogP contribution in [0.15, 0.2) is 11.6 Å². The standard InChI is InChI=1S/C20H31NO14/c21-2-1-6-7(32-19-17(30)15(28)13(26)9(4-22)34-19)3-8(12(25)11(6)24)33-20-18(31)16(29)14(27)10(5-23)35-20/h1,7-20,22-31H,3-5H2. The fourth-order valence-electron chi connectivity index (χ4n) is 4.29. The summed E-state index contributed by atoms with van der Waals surface area (Å²) in [5.74, 6) is 0. The van der Waals surface area contributed by atoms with E-state index in [1.54, 1.807) is 6.07 Å². The third kappa shape index (κ3) is 5.66. The van der Waals surface area contributed by atoms with Gasteiger partial charge in [0, 0.05) is 18.1 Å². The van der Waals surface area contributed by atoms with Crippen LogP contribution in [0.1, 0.15) is 6.42 Å². The van der Waals surface area contributed by atoms with Crippen LogP contribution in [0.5, 0.6) is 0 Å². The first kappa shape index (κ1) is 28.2. The lowest BCUT2D eigenvalue weighted by Crippen LogP contribution is -2.62. The second-order valence-electron chi connectivity index (χ2n) is 8.64. The lowest BCUT2D eigenvalue weighted by Gasteiger charge is -2.46. The zero-order chi connectivity index (χ0) is 26.0. The van der Waals surface area contributed by atoms with Crippen LogP contribution in [0, 0.1) is 11.3 Å². The third-order valence-corrected chi connectivity index (χ3v) is 6.40.